The summed E-state index contributed by atoms with van der Waals surface area (Å²) in [5, 5.41) is 0. The van der Waals surface area contributed by atoms with Crippen molar-refractivity contribution in [1.82, 2.24) is 29.8 Å². The molecule has 35 heavy (non-hydrogen) atoms. The number of hydrogen-bond acceptors (Lipinski definition) is 7. The number of aromatic nitrogens is 4. The number of amides is 1. The van der Waals surface area contributed by atoms with E-state index in [4.69, 9.17) is 5.73 Å². The maximum absolute atomic E-state index is 13.6. The van der Waals surface area contributed by atoms with E-state index in [0.29, 0.717) is 29.1 Å². The van der Waals surface area contributed by atoms with E-state index in [1.54, 1.807) is 18.5 Å². The fourth-order valence-corrected chi connectivity index (χ4v) is 4.57. The number of fused-ring (bicyclic) bond motifs is 1. The van der Waals surface area contributed by atoms with Crippen LogP contribution in [0.3, 0.4) is 0 Å². The van der Waals surface area contributed by atoms with Crippen molar-refractivity contribution in [2.45, 2.75) is 25.3 Å². The van der Waals surface area contributed by atoms with Gasteiger partial charge in [-0.2, -0.15) is 4.98 Å². The number of anilines is 2. The molecule has 1 atom stereocenters. The summed E-state index contributed by atoms with van der Waals surface area (Å²) in [5.74, 6) is -0.109. The smallest absolute Gasteiger partial charge is 0.239 e. The molecule has 10 heteroatoms. The molecule has 5 rings (SSSR count). The molecule has 1 unspecified atom stereocenters. The standard InChI is InChI=1S/C25H27FN8O/c1-33-11-3-4-18(33)13-21(35)31-32-24-22(16-7-10-19-20(12-16)34(2)14-28-19)23(29-25(27)30-24)15-5-8-17(26)9-6-15/h5-10,12,14,18H,3-4,11,13H2,1-2H3,(H,31,35)(H3,27,29,30,32). The van der Waals surface area contributed by atoms with E-state index in [2.05, 4.69) is 30.7 Å². The van der Waals surface area contributed by atoms with Gasteiger partial charge in [-0.05, 0) is 68.4 Å². The van der Waals surface area contributed by atoms with E-state index in [0.717, 1.165) is 36.0 Å². The second kappa shape index (κ2) is 9.30. The third-order valence-electron chi connectivity index (χ3n) is 6.47. The van der Waals surface area contributed by atoms with Gasteiger partial charge in [-0.25, -0.2) is 14.4 Å². The summed E-state index contributed by atoms with van der Waals surface area (Å²) >= 11 is 0. The first-order valence-electron chi connectivity index (χ1n) is 11.5. The molecule has 1 aliphatic rings. The average molecular weight is 475 g/mol. The van der Waals surface area contributed by atoms with E-state index in [9.17, 15) is 9.18 Å². The van der Waals surface area contributed by atoms with Crippen LogP contribution in [-0.4, -0.2) is 50.0 Å². The molecule has 4 aromatic rings. The van der Waals surface area contributed by atoms with Gasteiger partial charge in [0.15, 0.2) is 5.82 Å². The summed E-state index contributed by atoms with van der Waals surface area (Å²) in [6, 6.07) is 12.0. The molecule has 9 nitrogen and oxygen atoms in total. The van der Waals surface area contributed by atoms with Crippen molar-refractivity contribution >= 4 is 28.7 Å². The number of hydrazine groups is 1. The number of aryl methyl sites for hydroxylation is 1. The lowest BCUT2D eigenvalue weighted by molar-refractivity contribution is -0.121. The zero-order valence-corrected chi connectivity index (χ0v) is 19.6. The molecule has 1 fully saturated rings. The molecule has 0 saturated carbocycles. The predicted molar refractivity (Wildman–Crippen MR) is 134 cm³/mol. The highest BCUT2D eigenvalue weighted by molar-refractivity contribution is 5.93. The number of imidazole rings is 1. The monoisotopic (exact) mass is 474 g/mol. The largest absolute Gasteiger partial charge is 0.368 e. The Bertz CT molecular complexity index is 1380. The van der Waals surface area contributed by atoms with Crippen LogP contribution >= 0.6 is 0 Å². The molecule has 2 aromatic heterocycles. The van der Waals surface area contributed by atoms with Gasteiger partial charge < -0.3 is 15.2 Å². The Balaban J connectivity index is 1.55. The van der Waals surface area contributed by atoms with Crippen LogP contribution < -0.4 is 16.6 Å². The van der Waals surface area contributed by atoms with Gasteiger partial charge in [-0.1, -0.05) is 6.07 Å². The Morgan fingerprint density at radius 1 is 1.14 bits per heavy atom. The summed E-state index contributed by atoms with van der Waals surface area (Å²) < 4.78 is 15.6. The lowest BCUT2D eigenvalue weighted by atomic mass is 9.99. The van der Waals surface area contributed by atoms with E-state index in [1.165, 1.54) is 12.1 Å². The number of halogens is 1. The van der Waals surface area contributed by atoms with E-state index >= 15 is 0 Å². The molecule has 2 aromatic carbocycles. The van der Waals surface area contributed by atoms with Crippen LogP contribution in [0.25, 0.3) is 33.4 Å². The quantitative estimate of drug-likeness (QED) is 0.367. The third-order valence-corrected chi connectivity index (χ3v) is 6.47. The van der Waals surface area contributed by atoms with Crippen LogP contribution in [-0.2, 0) is 11.8 Å². The Labute approximate surface area is 202 Å². The molecule has 1 aliphatic heterocycles. The number of nitrogens with two attached hydrogens (primary N) is 1. The van der Waals surface area contributed by atoms with Crippen molar-refractivity contribution < 1.29 is 9.18 Å². The second-order valence-electron chi connectivity index (χ2n) is 8.87. The first-order valence-corrected chi connectivity index (χ1v) is 11.5. The number of hydrogen-bond donors (Lipinski definition) is 3. The zero-order valence-electron chi connectivity index (χ0n) is 19.6. The highest BCUT2D eigenvalue weighted by Crippen LogP contribution is 2.37. The molecule has 0 radical (unpaired) electrons. The Morgan fingerprint density at radius 3 is 2.66 bits per heavy atom. The van der Waals surface area contributed by atoms with Crippen LogP contribution in [0.4, 0.5) is 16.2 Å². The minimum atomic E-state index is -0.351. The Morgan fingerprint density at radius 2 is 1.91 bits per heavy atom. The van der Waals surface area contributed by atoms with Crippen molar-refractivity contribution in [3.63, 3.8) is 0 Å². The zero-order chi connectivity index (χ0) is 24.5. The number of rotatable bonds is 6. The van der Waals surface area contributed by atoms with Crippen LogP contribution in [0.2, 0.25) is 0 Å². The van der Waals surface area contributed by atoms with E-state index in [1.807, 2.05) is 36.9 Å². The van der Waals surface area contributed by atoms with Crippen molar-refractivity contribution in [2.24, 2.45) is 7.05 Å². The van der Waals surface area contributed by atoms with Gasteiger partial charge in [0.2, 0.25) is 11.9 Å². The van der Waals surface area contributed by atoms with Gasteiger partial charge in [0.25, 0.3) is 0 Å². The normalized spacial score (nSPS) is 16.0. The lowest BCUT2D eigenvalue weighted by Gasteiger charge is -2.20. The summed E-state index contributed by atoms with van der Waals surface area (Å²) in [5.41, 5.74) is 16.2. The molecule has 1 saturated heterocycles. The first kappa shape index (κ1) is 22.7. The van der Waals surface area contributed by atoms with Gasteiger partial charge in [0, 0.05) is 25.1 Å². The maximum Gasteiger partial charge on any atom is 0.239 e. The van der Waals surface area contributed by atoms with Gasteiger partial charge in [0.05, 0.1) is 28.6 Å². The molecule has 1 amide bonds. The highest BCUT2D eigenvalue weighted by Gasteiger charge is 2.24. The van der Waals surface area contributed by atoms with Crippen molar-refractivity contribution in [2.75, 3.05) is 24.8 Å². The molecular formula is C25H27FN8O. The van der Waals surface area contributed by atoms with Crippen LogP contribution in [0.15, 0.2) is 48.8 Å². The number of nitrogen functional groups attached to an aromatic ring is 1. The number of benzene rings is 2. The maximum atomic E-state index is 13.6. The molecule has 4 N–H and O–H groups in total. The van der Waals surface area contributed by atoms with E-state index < -0.39 is 0 Å². The van der Waals surface area contributed by atoms with Gasteiger partial charge in [-0.15, -0.1) is 0 Å². The van der Waals surface area contributed by atoms with Crippen LogP contribution in [0.5, 0.6) is 0 Å². The summed E-state index contributed by atoms with van der Waals surface area (Å²) in [4.78, 5) is 28.2. The number of nitrogens with zero attached hydrogens (tertiary/aromatic N) is 5. The lowest BCUT2D eigenvalue weighted by Crippen LogP contribution is -2.36. The van der Waals surface area contributed by atoms with Crippen LogP contribution in [0.1, 0.15) is 19.3 Å². The summed E-state index contributed by atoms with van der Waals surface area (Å²) in [6.45, 7) is 0.996. The topological polar surface area (TPSA) is 114 Å². The van der Waals surface area contributed by atoms with Crippen molar-refractivity contribution in [3.8, 4) is 22.4 Å². The van der Waals surface area contributed by atoms with Gasteiger partial charge in [-0.3, -0.25) is 15.6 Å². The third kappa shape index (κ3) is 4.65. The number of carbonyl (C=O) groups is 1. The fraction of sp³-hybridized carbons (Fsp3) is 0.280. The number of likely N-dealkylation sites (tertiary alicyclic amines) is 1. The SMILES string of the molecule is CN1CCCC1CC(=O)NNc1nc(N)nc(-c2ccc(F)cc2)c1-c1ccc2ncn(C)c2c1. The Kier molecular flexibility index (Phi) is 6.04. The first-order chi connectivity index (χ1) is 16.9. The second-order valence-corrected chi connectivity index (χ2v) is 8.87. The molecule has 180 valence electrons. The predicted octanol–water partition coefficient (Wildman–Crippen LogP) is 3.35. The highest BCUT2D eigenvalue weighted by atomic mass is 19.1. The summed E-state index contributed by atoms with van der Waals surface area (Å²) in [6.07, 6.45) is 4.21. The van der Waals surface area contributed by atoms with E-state index in [-0.39, 0.29) is 23.7 Å². The van der Waals surface area contributed by atoms with Crippen LogP contribution in [0, 0.1) is 5.82 Å². The minimum Gasteiger partial charge on any atom is -0.368 e. The number of nitrogens with one attached hydrogen (secondary N) is 2. The molecule has 0 bridgehead atoms. The molecule has 0 spiro atoms. The van der Waals surface area contributed by atoms with Gasteiger partial charge in [0.1, 0.15) is 5.82 Å². The average Bonchev–Trinajstić information content (AvgIpc) is 3.42. The minimum absolute atomic E-state index is 0.0296. The van der Waals surface area contributed by atoms with Crippen molar-refractivity contribution in [3.05, 3.63) is 54.6 Å². The van der Waals surface area contributed by atoms with Gasteiger partial charge >= 0.3 is 0 Å². The fourth-order valence-electron chi connectivity index (χ4n) is 4.57. The summed E-state index contributed by atoms with van der Waals surface area (Å²) in [7, 11) is 3.95. The Hall–Kier alpha value is -4.05. The number of carbonyl (C=O) groups excluding carboxylic acids is 1. The molecule has 3 heterocycles. The molecule has 0 aliphatic carbocycles. The van der Waals surface area contributed by atoms with Crippen molar-refractivity contribution in [1.29, 1.82) is 0 Å². The molecular weight excluding hydrogens is 447 g/mol.